The average Bonchev–Trinajstić information content (AvgIpc) is 3.00. The van der Waals surface area contributed by atoms with Gasteiger partial charge in [0.25, 0.3) is 5.91 Å². The van der Waals surface area contributed by atoms with Gasteiger partial charge in [-0.15, -0.1) is 0 Å². The Labute approximate surface area is 169 Å². The molecule has 0 radical (unpaired) electrons. The molecule has 138 valence electrons. The van der Waals surface area contributed by atoms with E-state index >= 15 is 0 Å². The van der Waals surface area contributed by atoms with Gasteiger partial charge in [0.15, 0.2) is 0 Å². The molecule has 4 rings (SSSR count). The third kappa shape index (κ3) is 3.92. The zero-order valence-electron chi connectivity index (χ0n) is 15.8. The number of carbonyl (C=O) groups excluding carboxylic acids is 1. The van der Waals surface area contributed by atoms with Crippen molar-refractivity contribution in [3.05, 3.63) is 95.6 Å². The molecule has 0 saturated heterocycles. The van der Waals surface area contributed by atoms with Gasteiger partial charge in [-0.05, 0) is 61.9 Å². The zero-order chi connectivity index (χ0) is 19.5. The van der Waals surface area contributed by atoms with Crippen LogP contribution in [0.4, 0.5) is 5.69 Å². The maximum Gasteiger partial charge on any atom is 0.280 e. The number of anilines is 1. The molecule has 0 bridgehead atoms. The second-order valence-electron chi connectivity index (χ2n) is 6.68. The molecule has 0 N–H and O–H groups in total. The molecule has 0 aromatic heterocycles. The minimum atomic E-state index is -0.0955. The quantitative estimate of drug-likeness (QED) is 0.521. The Bertz CT molecular complexity index is 1050. The topological polar surface area (TPSA) is 32.7 Å². The van der Waals surface area contributed by atoms with E-state index in [4.69, 9.17) is 0 Å². The lowest BCUT2D eigenvalue weighted by Crippen LogP contribution is -2.21. The Kier molecular flexibility index (Phi) is 5.13. The van der Waals surface area contributed by atoms with E-state index in [-0.39, 0.29) is 5.91 Å². The summed E-state index contributed by atoms with van der Waals surface area (Å²) in [6.07, 6.45) is 1.91. The Balaban J connectivity index is 1.52. The number of hydrazone groups is 1. The summed E-state index contributed by atoms with van der Waals surface area (Å²) in [7, 11) is 0. The van der Waals surface area contributed by atoms with Gasteiger partial charge >= 0.3 is 0 Å². The Morgan fingerprint density at radius 3 is 2.07 bits per heavy atom. The van der Waals surface area contributed by atoms with Gasteiger partial charge < -0.3 is 0 Å². The second-order valence-corrected chi connectivity index (χ2v) is 7.83. The first-order chi connectivity index (χ1) is 13.6. The van der Waals surface area contributed by atoms with Crippen LogP contribution in [0.25, 0.3) is 6.08 Å². The standard InChI is InChI=1S/C24H20N2OS/c1-17-8-12-21(13-9-17)28-22-14-10-19(11-15-22)16-23-18(2)25-26(24(23)27)20-6-4-3-5-7-20/h3-16H,1-2H3/b23-16+. The second kappa shape index (κ2) is 7.87. The van der Waals surface area contributed by atoms with Crippen molar-refractivity contribution in [3.8, 4) is 0 Å². The molecule has 0 saturated carbocycles. The molecule has 0 unspecified atom stereocenters. The van der Waals surface area contributed by atoms with Crippen LogP contribution >= 0.6 is 11.8 Å². The fourth-order valence-electron chi connectivity index (χ4n) is 2.97. The van der Waals surface area contributed by atoms with E-state index in [0.29, 0.717) is 5.57 Å². The number of nitrogens with zero attached hydrogens (tertiary/aromatic N) is 2. The van der Waals surface area contributed by atoms with Crippen LogP contribution in [-0.4, -0.2) is 11.6 Å². The van der Waals surface area contributed by atoms with Crippen LogP contribution in [0.1, 0.15) is 18.1 Å². The molecule has 1 aliphatic rings. The molecule has 28 heavy (non-hydrogen) atoms. The van der Waals surface area contributed by atoms with Crippen molar-refractivity contribution in [2.75, 3.05) is 5.01 Å². The predicted octanol–water partition coefficient (Wildman–Crippen LogP) is 5.95. The van der Waals surface area contributed by atoms with E-state index in [1.165, 1.54) is 20.4 Å². The van der Waals surface area contributed by atoms with E-state index < -0.39 is 0 Å². The van der Waals surface area contributed by atoms with Gasteiger partial charge in [0.05, 0.1) is 17.0 Å². The molecule has 1 heterocycles. The van der Waals surface area contributed by atoms with Gasteiger partial charge in [-0.25, -0.2) is 0 Å². The van der Waals surface area contributed by atoms with Crippen molar-refractivity contribution in [2.45, 2.75) is 23.6 Å². The Hall–Kier alpha value is -3.11. The highest BCUT2D eigenvalue weighted by molar-refractivity contribution is 7.99. The predicted molar refractivity (Wildman–Crippen MR) is 117 cm³/mol. The zero-order valence-corrected chi connectivity index (χ0v) is 16.6. The van der Waals surface area contributed by atoms with Crippen molar-refractivity contribution in [3.63, 3.8) is 0 Å². The highest BCUT2D eigenvalue weighted by Gasteiger charge is 2.28. The van der Waals surface area contributed by atoms with Crippen LogP contribution in [0.3, 0.4) is 0 Å². The third-order valence-electron chi connectivity index (χ3n) is 4.51. The van der Waals surface area contributed by atoms with Crippen LogP contribution in [0.5, 0.6) is 0 Å². The maximum absolute atomic E-state index is 12.8. The molecule has 0 aliphatic carbocycles. The van der Waals surface area contributed by atoms with Gasteiger partial charge in [-0.1, -0.05) is 59.8 Å². The number of rotatable bonds is 4. The SMILES string of the molecule is CC1=NN(c2ccccc2)C(=O)/C1=C/c1ccc(Sc2ccc(C)cc2)cc1. The summed E-state index contributed by atoms with van der Waals surface area (Å²) in [5.74, 6) is -0.0955. The van der Waals surface area contributed by atoms with Crippen molar-refractivity contribution in [2.24, 2.45) is 5.10 Å². The minimum absolute atomic E-state index is 0.0955. The summed E-state index contributed by atoms with van der Waals surface area (Å²) in [4.78, 5) is 15.2. The smallest absolute Gasteiger partial charge is 0.267 e. The molecule has 1 aliphatic heterocycles. The number of para-hydroxylation sites is 1. The molecule has 0 spiro atoms. The van der Waals surface area contributed by atoms with E-state index in [9.17, 15) is 4.79 Å². The lowest BCUT2D eigenvalue weighted by Gasteiger charge is -2.11. The molecule has 4 heteroatoms. The molecule has 3 nitrogen and oxygen atoms in total. The molecule has 3 aromatic carbocycles. The highest BCUT2D eigenvalue weighted by atomic mass is 32.2. The number of aryl methyl sites for hydroxylation is 1. The number of hydrogen-bond acceptors (Lipinski definition) is 3. The van der Waals surface area contributed by atoms with Crippen molar-refractivity contribution >= 4 is 35.1 Å². The van der Waals surface area contributed by atoms with Gasteiger partial charge in [0, 0.05) is 9.79 Å². The fraction of sp³-hybridized carbons (Fsp3) is 0.0833. The molecular weight excluding hydrogens is 364 g/mol. The lowest BCUT2D eigenvalue weighted by atomic mass is 10.1. The van der Waals surface area contributed by atoms with E-state index in [2.05, 4.69) is 48.4 Å². The highest BCUT2D eigenvalue weighted by Crippen LogP contribution is 2.29. The summed E-state index contributed by atoms with van der Waals surface area (Å²) in [6, 6.07) is 26.2. The molecule has 1 amide bonds. The van der Waals surface area contributed by atoms with Gasteiger partial charge in [-0.2, -0.15) is 10.1 Å². The Morgan fingerprint density at radius 2 is 1.43 bits per heavy atom. The minimum Gasteiger partial charge on any atom is -0.267 e. The first-order valence-electron chi connectivity index (χ1n) is 9.11. The number of hydrogen-bond donors (Lipinski definition) is 0. The first-order valence-corrected chi connectivity index (χ1v) is 9.93. The van der Waals surface area contributed by atoms with Gasteiger partial charge in [0.1, 0.15) is 0 Å². The Morgan fingerprint density at radius 1 is 0.821 bits per heavy atom. The number of carbonyl (C=O) groups is 1. The van der Waals surface area contributed by atoms with Crippen LogP contribution < -0.4 is 5.01 Å². The van der Waals surface area contributed by atoms with Crippen LogP contribution in [-0.2, 0) is 4.79 Å². The summed E-state index contributed by atoms with van der Waals surface area (Å²) >= 11 is 1.73. The van der Waals surface area contributed by atoms with Crippen molar-refractivity contribution in [1.82, 2.24) is 0 Å². The summed E-state index contributed by atoms with van der Waals surface area (Å²) in [5.41, 5.74) is 4.38. The van der Waals surface area contributed by atoms with Crippen molar-refractivity contribution < 1.29 is 4.79 Å². The number of benzene rings is 3. The molecule has 0 fully saturated rings. The lowest BCUT2D eigenvalue weighted by molar-refractivity contribution is -0.114. The first kappa shape index (κ1) is 18.3. The van der Waals surface area contributed by atoms with E-state index in [0.717, 1.165) is 17.0 Å². The summed E-state index contributed by atoms with van der Waals surface area (Å²) in [6.45, 7) is 3.96. The van der Waals surface area contributed by atoms with Crippen LogP contribution in [0.15, 0.2) is 99.3 Å². The van der Waals surface area contributed by atoms with Gasteiger partial charge in [-0.3, -0.25) is 4.79 Å². The molecule has 3 aromatic rings. The molecular formula is C24H20N2OS. The largest absolute Gasteiger partial charge is 0.280 e. The van der Waals surface area contributed by atoms with Gasteiger partial charge in [0.2, 0.25) is 0 Å². The van der Waals surface area contributed by atoms with Crippen LogP contribution in [0.2, 0.25) is 0 Å². The van der Waals surface area contributed by atoms with E-state index in [1.54, 1.807) is 11.8 Å². The summed E-state index contributed by atoms with van der Waals surface area (Å²) in [5, 5.41) is 5.89. The average molecular weight is 385 g/mol. The van der Waals surface area contributed by atoms with Crippen molar-refractivity contribution in [1.29, 1.82) is 0 Å². The van der Waals surface area contributed by atoms with E-state index in [1.807, 2.05) is 55.5 Å². The number of amides is 1. The molecule has 0 atom stereocenters. The normalized spacial score (nSPS) is 15.2. The third-order valence-corrected chi connectivity index (χ3v) is 5.53. The monoisotopic (exact) mass is 384 g/mol. The summed E-state index contributed by atoms with van der Waals surface area (Å²) < 4.78 is 0. The fourth-order valence-corrected chi connectivity index (χ4v) is 3.79. The maximum atomic E-state index is 12.8. The van der Waals surface area contributed by atoms with Crippen LogP contribution in [0, 0.1) is 6.92 Å².